The first kappa shape index (κ1) is 73.0. The van der Waals surface area contributed by atoms with Crippen molar-refractivity contribution in [2.24, 2.45) is 0 Å². The molecular weight excluding hydrogens is 1390 g/mol. The number of benzene rings is 15. The van der Waals surface area contributed by atoms with Crippen LogP contribution >= 0.6 is 0 Å². The highest BCUT2D eigenvalue weighted by Crippen LogP contribution is 2.59. The first-order chi connectivity index (χ1) is 55.2. The highest BCUT2D eigenvalue weighted by molar-refractivity contribution is 7.00. The molecule has 0 fully saturated rings. The molecule has 0 saturated carbocycles. The lowest BCUT2D eigenvalue weighted by Gasteiger charge is -2.46. The van der Waals surface area contributed by atoms with Crippen molar-refractivity contribution in [3.05, 3.63) is 384 Å². The fourth-order valence-electron chi connectivity index (χ4n) is 19.1. The van der Waals surface area contributed by atoms with Crippen LogP contribution in [0.25, 0.3) is 94.3 Å². The first-order valence-corrected chi connectivity index (χ1v) is 41.3. The first-order valence-electron chi connectivity index (χ1n) is 41.3. The summed E-state index contributed by atoms with van der Waals surface area (Å²) in [7, 11) is 0. The average molecular weight is 1490 g/mol. The van der Waals surface area contributed by atoms with Crippen molar-refractivity contribution in [3.63, 3.8) is 0 Å². The molecule has 1 aliphatic carbocycles. The van der Waals surface area contributed by atoms with Crippen LogP contribution in [0, 0.1) is 0 Å². The summed E-state index contributed by atoms with van der Waals surface area (Å²) in [6.45, 7) is 34.8. The lowest BCUT2D eigenvalue weighted by atomic mass is 9.33. The summed E-state index contributed by atoms with van der Waals surface area (Å²) in [6, 6.07) is 129. The van der Waals surface area contributed by atoms with Crippen molar-refractivity contribution in [2.75, 3.05) is 9.80 Å². The number of hydrogen-bond donors (Lipinski definition) is 0. The third-order valence-electron chi connectivity index (χ3n) is 25.3. The molecule has 16 aromatic rings. The number of hydrogen-bond acceptors (Lipinski definition) is 2. The highest BCUT2D eigenvalue weighted by atomic mass is 15.2. The molecule has 0 unspecified atom stereocenters. The van der Waals surface area contributed by atoms with E-state index in [2.05, 4.69) is 452 Å². The van der Waals surface area contributed by atoms with Crippen LogP contribution in [0.2, 0.25) is 0 Å². The Hall–Kier alpha value is -12.2. The molecule has 0 N–H and O–H groups in total. The quantitative estimate of drug-likeness (QED) is 0.126. The van der Waals surface area contributed by atoms with Crippen molar-refractivity contribution >= 4 is 79.0 Å². The maximum atomic E-state index is 2.76. The number of para-hydroxylation sites is 3. The number of nitrogens with zero attached hydrogens (tertiary/aromatic N) is 3. The second kappa shape index (κ2) is 27.0. The molecule has 3 nitrogen and oxygen atoms in total. The second-order valence-corrected chi connectivity index (χ2v) is 37.7. The summed E-state index contributed by atoms with van der Waals surface area (Å²) in [5.41, 5.74) is 38.5. The molecule has 0 amide bonds. The molecule has 3 heterocycles. The van der Waals surface area contributed by atoms with Gasteiger partial charge in [0.25, 0.3) is 6.71 Å². The van der Waals surface area contributed by atoms with Crippen molar-refractivity contribution in [1.29, 1.82) is 0 Å². The Balaban J connectivity index is 0.962. The van der Waals surface area contributed by atoms with E-state index in [1.54, 1.807) is 0 Å². The monoisotopic (exact) mass is 1490 g/mol. The average Bonchev–Trinajstić information content (AvgIpc) is 1.04. The van der Waals surface area contributed by atoms with Crippen LogP contribution in [-0.4, -0.2) is 11.3 Å². The molecule has 2 aliphatic heterocycles. The second-order valence-electron chi connectivity index (χ2n) is 37.7. The van der Waals surface area contributed by atoms with Crippen LogP contribution in [0.5, 0.6) is 0 Å². The van der Waals surface area contributed by atoms with Gasteiger partial charge in [-0.3, -0.25) is 0 Å². The van der Waals surface area contributed by atoms with E-state index in [4.69, 9.17) is 0 Å². The number of aromatic nitrogens is 1. The predicted octanol–water partition coefficient (Wildman–Crippen LogP) is 28.1. The molecule has 562 valence electrons. The molecule has 0 atom stereocenters. The van der Waals surface area contributed by atoms with E-state index in [0.29, 0.717) is 0 Å². The van der Waals surface area contributed by atoms with Crippen LogP contribution < -0.4 is 26.2 Å². The van der Waals surface area contributed by atoms with Gasteiger partial charge in [0.2, 0.25) is 0 Å². The fourth-order valence-corrected chi connectivity index (χ4v) is 19.1. The molecule has 0 saturated heterocycles. The Kier molecular flexibility index (Phi) is 17.1. The van der Waals surface area contributed by atoms with Crippen molar-refractivity contribution in [2.45, 2.75) is 136 Å². The van der Waals surface area contributed by atoms with Gasteiger partial charge in [-0.25, -0.2) is 0 Å². The highest BCUT2D eigenvalue weighted by Gasteiger charge is 2.49. The van der Waals surface area contributed by atoms with Gasteiger partial charge < -0.3 is 14.4 Å². The van der Waals surface area contributed by atoms with E-state index in [-0.39, 0.29) is 33.8 Å². The van der Waals surface area contributed by atoms with Gasteiger partial charge in [0, 0.05) is 61.5 Å². The molecule has 0 bridgehead atoms. The third-order valence-corrected chi connectivity index (χ3v) is 25.3. The minimum Gasteiger partial charge on any atom is -0.310 e. The molecule has 15 aromatic carbocycles. The summed E-state index contributed by atoms with van der Waals surface area (Å²) < 4.78 is 2.60. The van der Waals surface area contributed by atoms with Crippen LogP contribution in [0.3, 0.4) is 0 Å². The van der Waals surface area contributed by atoms with E-state index in [1.165, 1.54) is 116 Å². The number of fused-ring (bicyclic) bond motifs is 10. The molecule has 0 radical (unpaired) electrons. The Bertz CT molecular complexity index is 6300. The standard InChI is InChI=1S/C111H100BN3/c1-106(2,3)77-54-45-72(46-55-77)85-39-29-40-86(73-47-56-78(57-48-73)107(4,5)6)104(85)114-98-64-53-76(71-31-19-16-20-32-71)65-96(98)112-95-63-62-84(113-97-44-28-26-38-90(97)92-69-91-89-37-25-27-43-93(89)111(94(91)70-99(92)113,81-33-21-17-22-34-81)82-35-23-18-24-36-82)68-100(95)115(102-67-83(110(13,14)15)66-101(114)103(102)112)105-87(74-49-58-79(59-50-74)108(7,8)9)41-30-42-88(105)75-51-60-80(61-52-75)109(10,11)12/h16-70H,1-15H3. The number of rotatable bonds is 10. The Morgan fingerprint density at radius 1 is 0.243 bits per heavy atom. The largest absolute Gasteiger partial charge is 0.310 e. The molecule has 0 spiro atoms. The SMILES string of the molecule is CC(C)(C)c1ccc(-c2cccc(-c3ccc(C(C)(C)C)cc3)c2N2c3ccc(-c4ccccc4)cc3B3c4ccc(-n5c6ccccc6c6cc7c(cc65)C(c5ccccc5)(c5ccccc5)c5ccccc5-7)cc4N(c4c(-c5ccc(C(C)(C)C)cc5)cccc4-c4ccc(C(C)(C)C)cc4)c4cc(C(C)(C)C)cc2c43)cc1. The Morgan fingerprint density at radius 3 is 1.12 bits per heavy atom. The molecule has 3 aliphatic rings. The van der Waals surface area contributed by atoms with Gasteiger partial charge in [-0.15, -0.1) is 0 Å². The zero-order valence-electron chi connectivity index (χ0n) is 69.2. The lowest BCUT2D eigenvalue weighted by Crippen LogP contribution is -2.61. The summed E-state index contributed by atoms with van der Waals surface area (Å²) in [4.78, 5) is 5.48. The van der Waals surface area contributed by atoms with Crippen LogP contribution in [0.4, 0.5) is 34.1 Å². The van der Waals surface area contributed by atoms with Gasteiger partial charge in [0.1, 0.15) is 0 Å². The maximum Gasteiger partial charge on any atom is 0.252 e. The van der Waals surface area contributed by atoms with Gasteiger partial charge in [0.05, 0.1) is 27.8 Å². The van der Waals surface area contributed by atoms with Crippen molar-refractivity contribution in [1.82, 2.24) is 4.57 Å². The fraction of sp³-hybridized carbons (Fsp3) is 0.189. The van der Waals surface area contributed by atoms with E-state index in [9.17, 15) is 0 Å². The van der Waals surface area contributed by atoms with Gasteiger partial charge in [0.15, 0.2) is 0 Å². The topological polar surface area (TPSA) is 11.4 Å². The zero-order chi connectivity index (χ0) is 79.4. The van der Waals surface area contributed by atoms with Crippen molar-refractivity contribution < 1.29 is 0 Å². The molecule has 1 aromatic heterocycles. The van der Waals surface area contributed by atoms with E-state index in [1.807, 2.05) is 0 Å². The van der Waals surface area contributed by atoms with Crippen LogP contribution in [0.15, 0.2) is 334 Å². The van der Waals surface area contributed by atoms with E-state index < -0.39 is 5.41 Å². The number of anilines is 6. The smallest absolute Gasteiger partial charge is 0.252 e. The van der Waals surface area contributed by atoms with Crippen LogP contribution in [-0.2, 0) is 32.5 Å². The van der Waals surface area contributed by atoms with Gasteiger partial charge in [-0.05, 0) is 187 Å². The molecule has 19 rings (SSSR count). The summed E-state index contributed by atoms with van der Waals surface area (Å²) in [6.07, 6.45) is 0. The Morgan fingerprint density at radius 2 is 0.652 bits per heavy atom. The van der Waals surface area contributed by atoms with Gasteiger partial charge in [-0.1, -0.05) is 389 Å². The Labute approximate surface area is 681 Å². The van der Waals surface area contributed by atoms with Crippen molar-refractivity contribution in [3.8, 4) is 72.4 Å². The zero-order valence-corrected chi connectivity index (χ0v) is 69.2. The summed E-state index contributed by atoms with van der Waals surface area (Å²) in [5, 5.41) is 2.43. The summed E-state index contributed by atoms with van der Waals surface area (Å²) >= 11 is 0. The normalized spacial score (nSPS) is 13.7. The molecule has 115 heavy (non-hydrogen) atoms. The predicted molar refractivity (Wildman–Crippen MR) is 493 cm³/mol. The minimum atomic E-state index is -0.616. The van der Waals surface area contributed by atoms with E-state index in [0.717, 1.165) is 78.5 Å². The minimum absolute atomic E-state index is 0.0379. The molecule has 4 heteroatoms. The maximum absolute atomic E-state index is 2.76. The van der Waals surface area contributed by atoms with Gasteiger partial charge in [-0.2, -0.15) is 0 Å². The van der Waals surface area contributed by atoms with Gasteiger partial charge >= 0.3 is 0 Å². The third kappa shape index (κ3) is 12.1. The van der Waals surface area contributed by atoms with Crippen LogP contribution in [0.1, 0.15) is 154 Å². The molecular formula is C111H100BN3. The lowest BCUT2D eigenvalue weighted by molar-refractivity contribution is 0.590. The van der Waals surface area contributed by atoms with E-state index >= 15 is 0 Å². The summed E-state index contributed by atoms with van der Waals surface area (Å²) in [5.74, 6) is 0.